The number of hydrogen-bond acceptors (Lipinski definition) is 5. The highest BCUT2D eigenvalue weighted by Crippen LogP contribution is 2.38. The molecule has 3 aromatic carbocycles. The van der Waals surface area contributed by atoms with Gasteiger partial charge in [0.15, 0.2) is 11.5 Å². The Labute approximate surface area is 211 Å². The number of aryl methyl sites for hydroxylation is 1. The summed E-state index contributed by atoms with van der Waals surface area (Å²) in [4.78, 5) is 39.4. The lowest BCUT2D eigenvalue weighted by Gasteiger charge is -2.28. The van der Waals surface area contributed by atoms with Crippen molar-refractivity contribution in [1.29, 1.82) is 0 Å². The molecule has 0 saturated carbocycles. The van der Waals surface area contributed by atoms with Gasteiger partial charge in [-0.1, -0.05) is 42.5 Å². The van der Waals surface area contributed by atoms with Crippen molar-refractivity contribution in [2.75, 3.05) is 12.0 Å². The number of barbiturate groups is 1. The van der Waals surface area contributed by atoms with E-state index in [4.69, 9.17) is 9.47 Å². The van der Waals surface area contributed by atoms with Crippen molar-refractivity contribution in [2.45, 2.75) is 20.5 Å². The lowest BCUT2D eigenvalue weighted by Crippen LogP contribution is -2.54. The molecule has 0 bridgehead atoms. The van der Waals surface area contributed by atoms with Gasteiger partial charge in [0.05, 0.1) is 17.3 Å². The third-order valence-corrected chi connectivity index (χ3v) is 6.30. The van der Waals surface area contributed by atoms with Crippen molar-refractivity contribution in [2.24, 2.45) is 0 Å². The maximum Gasteiger partial charge on any atom is 0.335 e. The highest BCUT2D eigenvalue weighted by Gasteiger charge is 2.37. The van der Waals surface area contributed by atoms with Gasteiger partial charge < -0.3 is 9.47 Å². The average molecular weight is 535 g/mol. The standard InChI is InChI=1S/C27H23BrN2O5/c1-16-8-7-11-22(17(16)2)30-26(32)20(25(31)29-27(30)33)12-19-13-21(28)24(23(14-19)34-3)35-15-18-9-5-4-6-10-18/h4-14H,15H2,1-3H3,(H,29,31,33)/b20-12+. The lowest BCUT2D eigenvalue weighted by atomic mass is 10.0. The molecule has 0 unspecified atom stereocenters. The van der Waals surface area contributed by atoms with E-state index < -0.39 is 17.8 Å². The first-order valence-electron chi connectivity index (χ1n) is 10.8. The van der Waals surface area contributed by atoms with E-state index in [2.05, 4.69) is 21.2 Å². The molecule has 4 amide bonds. The summed E-state index contributed by atoms with van der Waals surface area (Å²) in [5.41, 5.74) is 3.47. The zero-order valence-electron chi connectivity index (χ0n) is 19.4. The highest BCUT2D eigenvalue weighted by molar-refractivity contribution is 9.10. The Morgan fingerprint density at radius 2 is 1.74 bits per heavy atom. The summed E-state index contributed by atoms with van der Waals surface area (Å²) in [7, 11) is 1.51. The van der Waals surface area contributed by atoms with Crippen LogP contribution in [0.25, 0.3) is 6.08 Å². The van der Waals surface area contributed by atoms with Crippen molar-refractivity contribution in [1.82, 2.24) is 5.32 Å². The van der Waals surface area contributed by atoms with Gasteiger partial charge in [0.25, 0.3) is 11.8 Å². The average Bonchev–Trinajstić information content (AvgIpc) is 2.84. The molecule has 1 fully saturated rings. The largest absolute Gasteiger partial charge is 0.493 e. The van der Waals surface area contributed by atoms with E-state index in [0.717, 1.165) is 21.6 Å². The fourth-order valence-electron chi connectivity index (χ4n) is 3.71. The number of anilines is 1. The lowest BCUT2D eigenvalue weighted by molar-refractivity contribution is -0.122. The molecule has 8 heteroatoms. The van der Waals surface area contributed by atoms with Gasteiger partial charge in [0.1, 0.15) is 12.2 Å². The molecule has 7 nitrogen and oxygen atoms in total. The van der Waals surface area contributed by atoms with Crippen molar-refractivity contribution < 1.29 is 23.9 Å². The second-order valence-electron chi connectivity index (χ2n) is 7.99. The number of methoxy groups -OCH3 is 1. The van der Waals surface area contributed by atoms with E-state index in [1.165, 1.54) is 13.2 Å². The molecule has 178 valence electrons. The predicted molar refractivity (Wildman–Crippen MR) is 136 cm³/mol. The number of rotatable bonds is 6. The Morgan fingerprint density at radius 3 is 2.46 bits per heavy atom. The minimum absolute atomic E-state index is 0.169. The second-order valence-corrected chi connectivity index (χ2v) is 8.84. The molecule has 1 aliphatic rings. The fourth-order valence-corrected chi connectivity index (χ4v) is 4.29. The minimum Gasteiger partial charge on any atom is -0.493 e. The first kappa shape index (κ1) is 24.2. The number of ether oxygens (including phenoxy) is 2. The summed E-state index contributed by atoms with van der Waals surface area (Å²) in [6, 6.07) is 17.6. The molecule has 1 heterocycles. The monoisotopic (exact) mass is 534 g/mol. The third kappa shape index (κ3) is 4.97. The topological polar surface area (TPSA) is 84.9 Å². The zero-order chi connectivity index (χ0) is 25.1. The Bertz CT molecular complexity index is 1350. The van der Waals surface area contributed by atoms with Crippen LogP contribution in [0.5, 0.6) is 11.5 Å². The second kappa shape index (κ2) is 10.1. The van der Waals surface area contributed by atoms with Crippen molar-refractivity contribution in [3.05, 3.63) is 93.0 Å². The van der Waals surface area contributed by atoms with Gasteiger partial charge >= 0.3 is 6.03 Å². The van der Waals surface area contributed by atoms with Gasteiger partial charge in [0.2, 0.25) is 0 Å². The fraction of sp³-hybridized carbons (Fsp3) is 0.148. The molecule has 0 atom stereocenters. The van der Waals surface area contributed by atoms with Crippen LogP contribution in [-0.2, 0) is 16.2 Å². The number of amides is 4. The Morgan fingerprint density at radius 1 is 1.00 bits per heavy atom. The van der Waals surface area contributed by atoms with Crippen LogP contribution >= 0.6 is 15.9 Å². The van der Waals surface area contributed by atoms with E-state index in [-0.39, 0.29) is 5.57 Å². The predicted octanol–water partition coefficient (Wildman–Crippen LogP) is 5.32. The third-order valence-electron chi connectivity index (χ3n) is 5.71. The van der Waals surface area contributed by atoms with E-state index in [1.807, 2.05) is 50.2 Å². The number of imide groups is 2. The Balaban J connectivity index is 1.67. The smallest absolute Gasteiger partial charge is 0.335 e. The molecule has 1 N–H and O–H groups in total. The van der Waals surface area contributed by atoms with Crippen LogP contribution in [0.1, 0.15) is 22.3 Å². The first-order valence-corrected chi connectivity index (χ1v) is 11.6. The van der Waals surface area contributed by atoms with Gasteiger partial charge in [-0.2, -0.15) is 0 Å². The molecule has 1 aliphatic heterocycles. The Kier molecular flexibility index (Phi) is 7.02. The number of nitrogens with one attached hydrogen (secondary N) is 1. The Hall–Kier alpha value is -3.91. The van der Waals surface area contributed by atoms with E-state index in [0.29, 0.717) is 33.8 Å². The summed E-state index contributed by atoms with van der Waals surface area (Å²) in [5.74, 6) is -0.550. The van der Waals surface area contributed by atoms with Crippen LogP contribution in [0.15, 0.2) is 70.7 Å². The zero-order valence-corrected chi connectivity index (χ0v) is 21.0. The van der Waals surface area contributed by atoms with Gasteiger partial charge in [-0.25, -0.2) is 9.69 Å². The van der Waals surface area contributed by atoms with Crippen LogP contribution in [-0.4, -0.2) is 25.0 Å². The van der Waals surface area contributed by atoms with E-state index in [1.54, 1.807) is 24.3 Å². The number of urea groups is 1. The van der Waals surface area contributed by atoms with Crippen LogP contribution in [0, 0.1) is 13.8 Å². The quantitative estimate of drug-likeness (QED) is 0.341. The van der Waals surface area contributed by atoms with Crippen LogP contribution < -0.4 is 19.7 Å². The number of benzene rings is 3. The number of nitrogens with zero attached hydrogens (tertiary/aromatic N) is 1. The van der Waals surface area contributed by atoms with E-state index in [9.17, 15) is 14.4 Å². The number of hydrogen-bond donors (Lipinski definition) is 1. The van der Waals surface area contributed by atoms with Gasteiger partial charge in [-0.15, -0.1) is 0 Å². The van der Waals surface area contributed by atoms with Gasteiger partial charge in [-0.3, -0.25) is 14.9 Å². The summed E-state index contributed by atoms with van der Waals surface area (Å²) < 4.78 is 12.0. The summed E-state index contributed by atoms with van der Waals surface area (Å²) >= 11 is 3.50. The van der Waals surface area contributed by atoms with Crippen molar-refractivity contribution in [3.8, 4) is 11.5 Å². The summed E-state index contributed by atoms with van der Waals surface area (Å²) in [6.07, 6.45) is 1.43. The number of carbonyl (C=O) groups excluding carboxylic acids is 3. The molecule has 35 heavy (non-hydrogen) atoms. The molecule has 4 rings (SSSR count). The number of carbonyl (C=O) groups is 3. The van der Waals surface area contributed by atoms with Crippen LogP contribution in [0.3, 0.4) is 0 Å². The maximum absolute atomic E-state index is 13.3. The van der Waals surface area contributed by atoms with Crippen LogP contribution in [0.2, 0.25) is 0 Å². The van der Waals surface area contributed by atoms with Gasteiger partial charge in [-0.05, 0) is 76.3 Å². The molecular formula is C27H23BrN2O5. The molecule has 0 radical (unpaired) electrons. The molecule has 1 saturated heterocycles. The van der Waals surface area contributed by atoms with Gasteiger partial charge in [0, 0.05) is 0 Å². The molecule has 3 aromatic rings. The maximum atomic E-state index is 13.3. The molecule has 0 spiro atoms. The first-order chi connectivity index (χ1) is 16.8. The molecule has 0 aliphatic carbocycles. The van der Waals surface area contributed by atoms with Crippen LogP contribution in [0.4, 0.5) is 10.5 Å². The normalized spacial score (nSPS) is 14.8. The summed E-state index contributed by atoms with van der Waals surface area (Å²) in [5, 5.41) is 2.26. The summed E-state index contributed by atoms with van der Waals surface area (Å²) in [6.45, 7) is 4.05. The van der Waals surface area contributed by atoms with Crippen molar-refractivity contribution >= 4 is 45.5 Å². The highest BCUT2D eigenvalue weighted by atomic mass is 79.9. The minimum atomic E-state index is -0.783. The molecular weight excluding hydrogens is 512 g/mol. The van der Waals surface area contributed by atoms with Crippen molar-refractivity contribution in [3.63, 3.8) is 0 Å². The molecule has 0 aromatic heterocycles. The van der Waals surface area contributed by atoms with E-state index >= 15 is 0 Å². The number of halogens is 1. The SMILES string of the molecule is COc1cc(/C=C2\C(=O)NC(=O)N(c3cccc(C)c3C)C2=O)cc(Br)c1OCc1ccccc1.